The van der Waals surface area contributed by atoms with Gasteiger partial charge in [-0.15, -0.1) is 0 Å². The Morgan fingerprint density at radius 3 is 2.85 bits per heavy atom. The van der Waals surface area contributed by atoms with Crippen molar-refractivity contribution in [3.05, 3.63) is 32.7 Å². The molecule has 1 aromatic rings. The molecule has 3 N–H and O–H groups in total. The SMILES string of the molecule is N/C(=N/O)C1CCCN(C(=O)c2ccc(Br)cc2Br)C1. The van der Waals surface area contributed by atoms with Gasteiger partial charge in [0.25, 0.3) is 5.91 Å². The van der Waals surface area contributed by atoms with Gasteiger partial charge in [0.15, 0.2) is 0 Å². The Morgan fingerprint density at radius 2 is 2.20 bits per heavy atom. The van der Waals surface area contributed by atoms with Crippen molar-refractivity contribution in [1.82, 2.24) is 4.90 Å². The minimum absolute atomic E-state index is 0.0418. The molecule has 108 valence electrons. The van der Waals surface area contributed by atoms with E-state index in [-0.39, 0.29) is 17.7 Å². The number of carbonyl (C=O) groups excluding carboxylic acids is 1. The van der Waals surface area contributed by atoms with E-state index in [0.29, 0.717) is 18.7 Å². The molecule has 1 amide bonds. The molecular formula is C13H15Br2N3O2. The summed E-state index contributed by atoms with van der Waals surface area (Å²) in [6, 6.07) is 5.46. The van der Waals surface area contributed by atoms with Crippen LogP contribution in [-0.2, 0) is 0 Å². The van der Waals surface area contributed by atoms with Crippen molar-refractivity contribution >= 4 is 43.6 Å². The highest BCUT2D eigenvalue weighted by atomic mass is 79.9. The molecule has 1 fully saturated rings. The highest BCUT2D eigenvalue weighted by Crippen LogP contribution is 2.25. The topological polar surface area (TPSA) is 78.9 Å². The van der Waals surface area contributed by atoms with E-state index in [9.17, 15) is 4.79 Å². The molecule has 7 heteroatoms. The van der Waals surface area contributed by atoms with Crippen LogP contribution in [0.3, 0.4) is 0 Å². The Morgan fingerprint density at radius 1 is 1.45 bits per heavy atom. The lowest BCUT2D eigenvalue weighted by Crippen LogP contribution is -2.44. The van der Waals surface area contributed by atoms with Crippen LogP contribution in [0, 0.1) is 5.92 Å². The van der Waals surface area contributed by atoms with Crippen molar-refractivity contribution < 1.29 is 10.0 Å². The van der Waals surface area contributed by atoms with Gasteiger partial charge in [0, 0.05) is 28.0 Å². The van der Waals surface area contributed by atoms with Crippen molar-refractivity contribution in [3.8, 4) is 0 Å². The number of piperidine rings is 1. The van der Waals surface area contributed by atoms with Crippen molar-refractivity contribution in [2.24, 2.45) is 16.8 Å². The molecule has 1 atom stereocenters. The molecular weight excluding hydrogens is 390 g/mol. The number of amidine groups is 1. The van der Waals surface area contributed by atoms with Crippen molar-refractivity contribution in [3.63, 3.8) is 0 Å². The van der Waals surface area contributed by atoms with Crippen molar-refractivity contribution in [2.45, 2.75) is 12.8 Å². The molecule has 1 aliphatic heterocycles. The number of amides is 1. The third-order valence-corrected chi connectivity index (χ3v) is 4.55. The number of nitrogens with zero attached hydrogens (tertiary/aromatic N) is 2. The molecule has 2 rings (SSSR count). The standard InChI is InChI=1S/C13H15Br2N3O2/c14-9-3-4-10(11(15)6-9)13(19)18-5-1-2-8(7-18)12(16)17-20/h3-4,6,8,20H,1-2,5,7H2,(H2,16,17). The Hall–Kier alpha value is -1.08. The molecule has 20 heavy (non-hydrogen) atoms. The first kappa shape index (κ1) is 15.3. The number of oxime groups is 1. The van der Waals surface area contributed by atoms with Gasteiger partial charge in [0.1, 0.15) is 5.84 Å². The molecule has 1 unspecified atom stereocenters. The third kappa shape index (κ3) is 3.32. The van der Waals surface area contributed by atoms with E-state index in [4.69, 9.17) is 10.9 Å². The Labute approximate surface area is 134 Å². The first-order valence-electron chi connectivity index (χ1n) is 6.24. The summed E-state index contributed by atoms with van der Waals surface area (Å²) in [4.78, 5) is 14.3. The number of halogens is 2. The Kier molecular flexibility index (Phi) is 5.04. The van der Waals surface area contributed by atoms with Gasteiger partial charge >= 0.3 is 0 Å². The number of hydrogen-bond donors (Lipinski definition) is 2. The second-order valence-corrected chi connectivity index (χ2v) is 6.51. The highest BCUT2D eigenvalue weighted by molar-refractivity contribution is 9.11. The molecule has 0 aromatic heterocycles. The first-order chi connectivity index (χ1) is 9.52. The number of carbonyl (C=O) groups is 1. The van der Waals surface area contributed by atoms with E-state index in [1.54, 1.807) is 11.0 Å². The zero-order chi connectivity index (χ0) is 14.7. The van der Waals surface area contributed by atoms with Crippen LogP contribution in [0.4, 0.5) is 0 Å². The van der Waals surface area contributed by atoms with Crippen LogP contribution in [0.15, 0.2) is 32.3 Å². The molecule has 5 nitrogen and oxygen atoms in total. The molecule has 0 aliphatic carbocycles. The quantitative estimate of drug-likeness (QED) is 0.344. The fourth-order valence-electron chi connectivity index (χ4n) is 2.32. The molecule has 0 saturated carbocycles. The van der Waals surface area contributed by atoms with E-state index in [1.165, 1.54) is 0 Å². The maximum absolute atomic E-state index is 12.5. The molecule has 1 aliphatic rings. The van der Waals surface area contributed by atoms with Crippen LogP contribution in [0.25, 0.3) is 0 Å². The zero-order valence-corrected chi connectivity index (χ0v) is 13.9. The van der Waals surface area contributed by atoms with Crippen LogP contribution in [0.2, 0.25) is 0 Å². The largest absolute Gasteiger partial charge is 0.409 e. The molecule has 1 aromatic carbocycles. The van der Waals surface area contributed by atoms with Gasteiger partial charge in [-0.05, 0) is 47.0 Å². The monoisotopic (exact) mass is 403 g/mol. The van der Waals surface area contributed by atoms with Crippen LogP contribution in [0.1, 0.15) is 23.2 Å². The number of hydrogen-bond acceptors (Lipinski definition) is 3. The van der Waals surface area contributed by atoms with E-state index in [2.05, 4.69) is 37.0 Å². The van der Waals surface area contributed by atoms with Crippen LogP contribution < -0.4 is 5.73 Å². The van der Waals surface area contributed by atoms with Crippen LogP contribution in [0.5, 0.6) is 0 Å². The number of benzene rings is 1. The second-order valence-electron chi connectivity index (χ2n) is 4.74. The summed E-state index contributed by atoms with van der Waals surface area (Å²) in [5.41, 5.74) is 6.26. The summed E-state index contributed by atoms with van der Waals surface area (Å²) in [7, 11) is 0. The maximum atomic E-state index is 12.5. The van der Waals surface area contributed by atoms with Gasteiger partial charge in [-0.3, -0.25) is 4.79 Å². The molecule has 0 bridgehead atoms. The summed E-state index contributed by atoms with van der Waals surface area (Å²) in [5.74, 6) is 0.0733. The van der Waals surface area contributed by atoms with Gasteiger partial charge in [-0.1, -0.05) is 21.1 Å². The molecule has 0 spiro atoms. The van der Waals surface area contributed by atoms with Crippen LogP contribution in [-0.4, -0.2) is 34.9 Å². The van der Waals surface area contributed by atoms with Crippen molar-refractivity contribution in [1.29, 1.82) is 0 Å². The lowest BCUT2D eigenvalue weighted by atomic mass is 9.96. The van der Waals surface area contributed by atoms with E-state index < -0.39 is 0 Å². The highest BCUT2D eigenvalue weighted by Gasteiger charge is 2.27. The minimum atomic E-state index is -0.0769. The van der Waals surface area contributed by atoms with Gasteiger partial charge in [0.05, 0.1) is 5.56 Å². The third-order valence-electron chi connectivity index (χ3n) is 3.40. The normalized spacial score (nSPS) is 20.0. The number of likely N-dealkylation sites (tertiary alicyclic amines) is 1. The predicted molar refractivity (Wildman–Crippen MR) is 83.9 cm³/mol. The minimum Gasteiger partial charge on any atom is -0.409 e. The molecule has 0 radical (unpaired) electrons. The fraction of sp³-hybridized carbons (Fsp3) is 0.385. The average Bonchev–Trinajstić information content (AvgIpc) is 2.46. The molecule has 1 saturated heterocycles. The van der Waals surface area contributed by atoms with Crippen LogP contribution >= 0.6 is 31.9 Å². The Balaban J connectivity index is 2.16. The first-order valence-corrected chi connectivity index (χ1v) is 7.83. The number of nitrogens with two attached hydrogens (primary N) is 1. The smallest absolute Gasteiger partial charge is 0.255 e. The lowest BCUT2D eigenvalue weighted by Gasteiger charge is -2.32. The van der Waals surface area contributed by atoms with Gasteiger partial charge in [-0.2, -0.15) is 0 Å². The average molecular weight is 405 g/mol. The fourth-order valence-corrected chi connectivity index (χ4v) is 3.53. The lowest BCUT2D eigenvalue weighted by molar-refractivity contribution is 0.0700. The summed E-state index contributed by atoms with van der Waals surface area (Å²) in [5, 5.41) is 11.8. The van der Waals surface area contributed by atoms with E-state index in [0.717, 1.165) is 21.8 Å². The summed E-state index contributed by atoms with van der Waals surface area (Å²) in [6.45, 7) is 1.17. The van der Waals surface area contributed by atoms with Gasteiger partial charge in [-0.25, -0.2) is 0 Å². The summed E-state index contributed by atoms with van der Waals surface area (Å²) in [6.07, 6.45) is 1.68. The van der Waals surface area contributed by atoms with E-state index >= 15 is 0 Å². The van der Waals surface area contributed by atoms with E-state index in [1.807, 2.05) is 12.1 Å². The Bertz CT molecular complexity index is 548. The molecule has 1 heterocycles. The van der Waals surface area contributed by atoms with Gasteiger partial charge < -0.3 is 15.8 Å². The predicted octanol–water partition coefficient (Wildman–Crippen LogP) is 2.81. The summed E-state index contributed by atoms with van der Waals surface area (Å²) >= 11 is 6.77. The van der Waals surface area contributed by atoms with Gasteiger partial charge in [0.2, 0.25) is 0 Å². The summed E-state index contributed by atoms with van der Waals surface area (Å²) < 4.78 is 1.66. The maximum Gasteiger partial charge on any atom is 0.255 e. The second kappa shape index (κ2) is 6.58. The number of rotatable bonds is 2. The van der Waals surface area contributed by atoms with Crippen molar-refractivity contribution in [2.75, 3.05) is 13.1 Å². The zero-order valence-electron chi connectivity index (χ0n) is 10.7.